The zero-order chi connectivity index (χ0) is 20.5. The van der Waals surface area contributed by atoms with Crippen molar-refractivity contribution in [1.82, 2.24) is 15.2 Å². The fraction of sp³-hybridized carbons (Fsp3) is 0.348. The van der Waals surface area contributed by atoms with Gasteiger partial charge in [0.05, 0.1) is 18.4 Å². The van der Waals surface area contributed by atoms with Crippen LogP contribution in [0.5, 0.6) is 0 Å². The number of amides is 2. The van der Waals surface area contributed by atoms with E-state index in [9.17, 15) is 9.59 Å². The lowest BCUT2D eigenvalue weighted by Gasteiger charge is -2.22. The van der Waals surface area contributed by atoms with Gasteiger partial charge in [-0.1, -0.05) is 12.1 Å². The highest BCUT2D eigenvalue weighted by atomic mass is 32.1. The molecular formula is C23H23N3O3S. The predicted molar refractivity (Wildman–Crippen MR) is 114 cm³/mol. The summed E-state index contributed by atoms with van der Waals surface area (Å²) < 4.78 is 5.39. The van der Waals surface area contributed by atoms with Crippen molar-refractivity contribution in [3.63, 3.8) is 0 Å². The molecule has 5 rings (SSSR count). The van der Waals surface area contributed by atoms with E-state index in [0.717, 1.165) is 47.7 Å². The number of hydrogen-bond acceptors (Lipinski definition) is 5. The molecule has 2 aliphatic rings. The summed E-state index contributed by atoms with van der Waals surface area (Å²) in [6, 6.07) is 11.9. The Balaban J connectivity index is 1.23. The second-order valence-corrected chi connectivity index (χ2v) is 8.85. The average molecular weight is 422 g/mol. The van der Waals surface area contributed by atoms with Gasteiger partial charge in [0.2, 0.25) is 5.91 Å². The first kappa shape index (κ1) is 19.1. The molecule has 0 atom stereocenters. The molecule has 0 radical (unpaired) electrons. The van der Waals surface area contributed by atoms with E-state index in [-0.39, 0.29) is 18.2 Å². The summed E-state index contributed by atoms with van der Waals surface area (Å²) in [7, 11) is 0. The van der Waals surface area contributed by atoms with Crippen LogP contribution in [-0.4, -0.2) is 33.8 Å². The molecule has 0 bridgehead atoms. The molecule has 0 spiro atoms. The van der Waals surface area contributed by atoms with Crippen LogP contribution < -0.4 is 5.32 Å². The van der Waals surface area contributed by atoms with Gasteiger partial charge in [0.15, 0.2) is 10.8 Å². The first-order valence-corrected chi connectivity index (χ1v) is 11.2. The third-order valence-corrected chi connectivity index (χ3v) is 6.31. The lowest BCUT2D eigenvalue weighted by atomic mass is 10.1. The van der Waals surface area contributed by atoms with Crippen LogP contribution in [0.2, 0.25) is 0 Å². The highest BCUT2D eigenvalue weighted by Gasteiger charge is 2.33. The molecule has 7 heteroatoms. The lowest BCUT2D eigenvalue weighted by Crippen LogP contribution is -2.34. The summed E-state index contributed by atoms with van der Waals surface area (Å²) in [6.45, 7) is 0.559. The van der Waals surface area contributed by atoms with E-state index in [1.54, 1.807) is 6.26 Å². The maximum atomic E-state index is 13.0. The normalized spacial score (nSPS) is 15.7. The molecule has 0 unspecified atom stereocenters. The van der Waals surface area contributed by atoms with Gasteiger partial charge >= 0.3 is 0 Å². The molecule has 6 nitrogen and oxygen atoms in total. The summed E-state index contributed by atoms with van der Waals surface area (Å²) in [5, 5.41) is 5.72. The number of benzene rings is 1. The third kappa shape index (κ3) is 4.46. The van der Waals surface area contributed by atoms with Crippen LogP contribution in [0.15, 0.2) is 52.5 Å². The molecule has 30 heavy (non-hydrogen) atoms. The Morgan fingerprint density at radius 1 is 1.13 bits per heavy atom. The number of aromatic nitrogens is 1. The summed E-state index contributed by atoms with van der Waals surface area (Å²) >= 11 is 1.49. The smallest absolute Gasteiger partial charge is 0.251 e. The van der Waals surface area contributed by atoms with E-state index in [4.69, 9.17) is 4.42 Å². The first-order chi connectivity index (χ1) is 14.7. The third-order valence-electron chi connectivity index (χ3n) is 5.41. The molecule has 2 aromatic heterocycles. The Morgan fingerprint density at radius 3 is 2.60 bits per heavy atom. The van der Waals surface area contributed by atoms with Gasteiger partial charge in [0, 0.05) is 29.6 Å². The van der Waals surface area contributed by atoms with Crippen LogP contribution in [-0.2, 0) is 17.8 Å². The largest absolute Gasteiger partial charge is 0.462 e. The molecule has 2 saturated carbocycles. The van der Waals surface area contributed by atoms with Crippen LogP contribution in [0.4, 0.5) is 0 Å². The number of rotatable bonds is 8. The second-order valence-electron chi connectivity index (χ2n) is 8.00. The monoisotopic (exact) mass is 421 g/mol. The molecule has 3 aromatic rings. The predicted octanol–water partition coefficient (Wildman–Crippen LogP) is 4.03. The number of thiazole rings is 1. The Kier molecular flexibility index (Phi) is 5.12. The van der Waals surface area contributed by atoms with Crippen molar-refractivity contribution in [2.45, 2.75) is 50.7 Å². The van der Waals surface area contributed by atoms with Crippen LogP contribution in [0.3, 0.4) is 0 Å². The van der Waals surface area contributed by atoms with E-state index >= 15 is 0 Å². The number of nitrogens with one attached hydrogen (secondary N) is 1. The number of carbonyl (C=O) groups is 2. The molecule has 154 valence electrons. The summed E-state index contributed by atoms with van der Waals surface area (Å²) in [5.41, 5.74) is 2.48. The van der Waals surface area contributed by atoms with Crippen molar-refractivity contribution < 1.29 is 14.0 Å². The molecule has 1 N–H and O–H groups in total. The zero-order valence-corrected chi connectivity index (χ0v) is 17.4. The van der Waals surface area contributed by atoms with E-state index in [0.29, 0.717) is 24.2 Å². The minimum absolute atomic E-state index is 0.0185. The molecule has 2 fully saturated rings. The van der Waals surface area contributed by atoms with E-state index in [1.807, 2.05) is 46.7 Å². The second kappa shape index (κ2) is 8.07. The van der Waals surface area contributed by atoms with Crippen molar-refractivity contribution >= 4 is 23.2 Å². The summed E-state index contributed by atoms with van der Waals surface area (Å²) in [5.74, 6) is 0.794. The first-order valence-electron chi connectivity index (χ1n) is 10.3. The van der Waals surface area contributed by atoms with Gasteiger partial charge in [-0.2, -0.15) is 0 Å². The van der Waals surface area contributed by atoms with E-state index in [1.165, 1.54) is 11.3 Å². The van der Waals surface area contributed by atoms with Gasteiger partial charge in [0.1, 0.15) is 0 Å². The van der Waals surface area contributed by atoms with Gasteiger partial charge in [-0.05, 0) is 55.5 Å². The van der Waals surface area contributed by atoms with Gasteiger partial charge in [0.25, 0.3) is 5.91 Å². The molecule has 2 amide bonds. The van der Waals surface area contributed by atoms with Crippen LogP contribution in [0, 0.1) is 0 Å². The molecule has 2 heterocycles. The SMILES string of the molecule is O=C(NC1CC1)c1ccc(CN(C(=O)Cc2csc(-c3ccco3)n2)C2CC2)cc1. The van der Waals surface area contributed by atoms with Crippen molar-refractivity contribution in [3.8, 4) is 10.8 Å². The summed E-state index contributed by atoms with van der Waals surface area (Å²) in [6.07, 6.45) is 6.14. The van der Waals surface area contributed by atoms with Gasteiger partial charge in [-0.15, -0.1) is 11.3 Å². The number of furan rings is 1. The topological polar surface area (TPSA) is 75.4 Å². The highest BCUT2D eigenvalue weighted by molar-refractivity contribution is 7.13. The maximum Gasteiger partial charge on any atom is 0.251 e. The van der Waals surface area contributed by atoms with Gasteiger partial charge in [-0.3, -0.25) is 9.59 Å². The van der Waals surface area contributed by atoms with Gasteiger partial charge in [-0.25, -0.2) is 4.98 Å². The summed E-state index contributed by atoms with van der Waals surface area (Å²) in [4.78, 5) is 31.7. The number of nitrogens with zero attached hydrogens (tertiary/aromatic N) is 2. The van der Waals surface area contributed by atoms with Gasteiger partial charge < -0.3 is 14.6 Å². The molecule has 2 aliphatic carbocycles. The van der Waals surface area contributed by atoms with Crippen molar-refractivity contribution in [1.29, 1.82) is 0 Å². The van der Waals surface area contributed by atoms with Crippen molar-refractivity contribution in [3.05, 3.63) is 64.9 Å². The van der Waals surface area contributed by atoms with E-state index in [2.05, 4.69) is 10.3 Å². The minimum Gasteiger partial charge on any atom is -0.462 e. The Hall–Kier alpha value is -2.93. The fourth-order valence-electron chi connectivity index (χ4n) is 3.42. The number of hydrogen-bond donors (Lipinski definition) is 1. The lowest BCUT2D eigenvalue weighted by molar-refractivity contribution is -0.131. The molecule has 0 aliphatic heterocycles. The maximum absolute atomic E-state index is 13.0. The zero-order valence-electron chi connectivity index (χ0n) is 16.5. The van der Waals surface area contributed by atoms with Crippen LogP contribution in [0.25, 0.3) is 10.8 Å². The van der Waals surface area contributed by atoms with Crippen molar-refractivity contribution in [2.75, 3.05) is 0 Å². The quantitative estimate of drug-likeness (QED) is 0.596. The highest BCUT2D eigenvalue weighted by Crippen LogP contribution is 2.30. The number of carbonyl (C=O) groups excluding carboxylic acids is 2. The van der Waals surface area contributed by atoms with Crippen LogP contribution in [0.1, 0.15) is 47.3 Å². The Labute approximate surface area is 178 Å². The van der Waals surface area contributed by atoms with E-state index < -0.39 is 0 Å². The standard InChI is InChI=1S/C23H23N3O3S/c27-21(12-18-14-30-23(25-18)20-2-1-11-29-20)26(19-9-10-19)13-15-3-5-16(6-4-15)22(28)24-17-7-8-17/h1-6,11,14,17,19H,7-10,12-13H2,(H,24,28). The van der Waals surface area contributed by atoms with Crippen molar-refractivity contribution in [2.24, 2.45) is 0 Å². The Bertz CT molecular complexity index is 1030. The Morgan fingerprint density at radius 2 is 1.93 bits per heavy atom. The minimum atomic E-state index is -0.0185. The average Bonchev–Trinajstić information content (AvgIpc) is 3.65. The molecule has 0 saturated heterocycles. The molecular weight excluding hydrogens is 398 g/mol. The molecule has 1 aromatic carbocycles. The fourth-order valence-corrected chi connectivity index (χ4v) is 4.21. The van der Waals surface area contributed by atoms with Crippen LogP contribution >= 0.6 is 11.3 Å².